The quantitative estimate of drug-likeness (QED) is 0.825. The molecule has 1 amide bonds. The maximum absolute atomic E-state index is 12.6. The van der Waals surface area contributed by atoms with Gasteiger partial charge >= 0.3 is 5.69 Å². The number of carbonyl (C=O) groups excluding carboxylic acids is 2. The van der Waals surface area contributed by atoms with Crippen LogP contribution in [-0.2, 0) is 11.3 Å². The van der Waals surface area contributed by atoms with E-state index in [2.05, 4.69) is 10.3 Å². The summed E-state index contributed by atoms with van der Waals surface area (Å²) >= 11 is 7.21. The van der Waals surface area contributed by atoms with Crippen LogP contribution in [0.15, 0.2) is 40.1 Å². The van der Waals surface area contributed by atoms with Crippen LogP contribution in [0.3, 0.4) is 0 Å². The van der Waals surface area contributed by atoms with Crippen molar-refractivity contribution in [2.75, 3.05) is 5.75 Å². The zero-order chi connectivity index (χ0) is 18.0. The monoisotopic (exact) mass is 379 g/mol. The van der Waals surface area contributed by atoms with E-state index < -0.39 is 23.2 Å². The third-order valence-corrected chi connectivity index (χ3v) is 5.21. The second kappa shape index (κ2) is 7.28. The van der Waals surface area contributed by atoms with Gasteiger partial charge in [0, 0.05) is 17.0 Å². The van der Waals surface area contributed by atoms with Gasteiger partial charge in [-0.1, -0.05) is 41.6 Å². The maximum atomic E-state index is 12.6. The number of H-pyrrole nitrogens is 1. The van der Waals surface area contributed by atoms with Gasteiger partial charge in [0.2, 0.25) is 5.12 Å². The van der Waals surface area contributed by atoms with Gasteiger partial charge < -0.3 is 10.3 Å². The molecule has 1 aromatic carbocycles. The largest absolute Gasteiger partial charge is 0.341 e. The van der Waals surface area contributed by atoms with Gasteiger partial charge in [-0.05, 0) is 18.1 Å². The molecule has 1 fully saturated rings. The highest BCUT2D eigenvalue weighted by atomic mass is 35.5. The van der Waals surface area contributed by atoms with Gasteiger partial charge in [0.05, 0.1) is 12.6 Å². The molecule has 0 saturated carbocycles. The number of aromatic nitrogens is 2. The number of nitrogens with one attached hydrogen (secondary N) is 2. The summed E-state index contributed by atoms with van der Waals surface area (Å²) in [6.07, 6.45) is 1.59. The molecule has 7 nitrogen and oxygen atoms in total. The molecule has 1 aliphatic rings. The van der Waals surface area contributed by atoms with Crippen LogP contribution in [0.1, 0.15) is 22.3 Å². The van der Waals surface area contributed by atoms with Crippen LogP contribution in [-0.4, -0.2) is 32.4 Å². The minimum absolute atomic E-state index is 0.0623. The first-order valence-electron chi connectivity index (χ1n) is 7.51. The first kappa shape index (κ1) is 17.5. The highest BCUT2D eigenvalue weighted by Crippen LogP contribution is 2.19. The molecule has 9 heteroatoms. The lowest BCUT2D eigenvalue weighted by Crippen LogP contribution is -2.44. The summed E-state index contributed by atoms with van der Waals surface area (Å²) < 4.78 is 0.904. The Balaban J connectivity index is 1.91. The third kappa shape index (κ3) is 3.69. The summed E-state index contributed by atoms with van der Waals surface area (Å²) in [5, 5.41) is 2.82. The van der Waals surface area contributed by atoms with Crippen molar-refractivity contribution in [3.63, 3.8) is 0 Å². The number of rotatable bonds is 4. The van der Waals surface area contributed by atoms with Gasteiger partial charge in [-0.25, -0.2) is 4.79 Å². The van der Waals surface area contributed by atoms with Crippen LogP contribution >= 0.6 is 23.4 Å². The molecule has 0 radical (unpaired) electrons. The first-order chi connectivity index (χ1) is 12.0. The molecular formula is C16H14ClN3O4S. The maximum Gasteiger partial charge on any atom is 0.328 e. The number of hydrogen-bond donors (Lipinski definition) is 2. The lowest BCUT2D eigenvalue weighted by molar-refractivity contribution is -0.112. The Morgan fingerprint density at radius 1 is 1.32 bits per heavy atom. The molecule has 1 aliphatic heterocycles. The lowest BCUT2D eigenvalue weighted by atomic mass is 10.2. The number of benzene rings is 1. The van der Waals surface area contributed by atoms with E-state index >= 15 is 0 Å². The lowest BCUT2D eigenvalue weighted by Gasteiger charge is -2.11. The predicted molar refractivity (Wildman–Crippen MR) is 95.2 cm³/mol. The van der Waals surface area contributed by atoms with Gasteiger partial charge in [0.15, 0.2) is 0 Å². The van der Waals surface area contributed by atoms with Gasteiger partial charge in [-0.3, -0.25) is 19.0 Å². The second-order valence-corrected chi connectivity index (χ2v) is 6.98. The average Bonchev–Trinajstić information content (AvgIpc) is 2.98. The zero-order valence-corrected chi connectivity index (χ0v) is 14.5. The highest BCUT2D eigenvalue weighted by Gasteiger charge is 2.28. The number of nitrogens with zero attached hydrogens (tertiary/aromatic N) is 1. The normalized spacial score (nSPS) is 16.8. The molecule has 2 N–H and O–H groups in total. The first-order valence-corrected chi connectivity index (χ1v) is 8.87. The fourth-order valence-electron chi connectivity index (χ4n) is 2.48. The third-order valence-electron chi connectivity index (χ3n) is 3.83. The van der Waals surface area contributed by atoms with Crippen LogP contribution in [0.25, 0.3) is 0 Å². The van der Waals surface area contributed by atoms with E-state index in [9.17, 15) is 19.2 Å². The molecule has 3 rings (SSSR count). The van der Waals surface area contributed by atoms with Crippen molar-refractivity contribution in [2.24, 2.45) is 0 Å². The van der Waals surface area contributed by atoms with Crippen molar-refractivity contribution in [1.82, 2.24) is 14.9 Å². The van der Waals surface area contributed by atoms with E-state index in [1.54, 1.807) is 24.3 Å². The van der Waals surface area contributed by atoms with Gasteiger partial charge in [0.1, 0.15) is 5.56 Å². The molecule has 2 aromatic rings. The Bertz CT molecular complexity index is 953. The van der Waals surface area contributed by atoms with Gasteiger partial charge in [-0.15, -0.1) is 0 Å². The second-order valence-electron chi connectivity index (χ2n) is 5.47. The van der Waals surface area contributed by atoms with E-state index in [0.29, 0.717) is 22.8 Å². The molecule has 0 spiro atoms. The summed E-state index contributed by atoms with van der Waals surface area (Å²) in [6.45, 7) is -0.0623. The molecule has 0 aliphatic carbocycles. The SMILES string of the molecule is O=C(NC1CCSC1=O)c1c[nH]c(=O)n(Cc2ccccc2Cl)c1=O. The van der Waals surface area contributed by atoms with Gasteiger partial charge in [-0.2, -0.15) is 0 Å². The number of hydrogen-bond acceptors (Lipinski definition) is 5. The predicted octanol–water partition coefficient (Wildman–Crippen LogP) is 1.00. The van der Waals surface area contributed by atoms with Crippen LogP contribution < -0.4 is 16.6 Å². The topological polar surface area (TPSA) is 101 Å². The summed E-state index contributed by atoms with van der Waals surface area (Å²) in [5.41, 5.74) is -1.03. The van der Waals surface area contributed by atoms with Crippen molar-refractivity contribution in [3.8, 4) is 0 Å². The standard InChI is InChI=1S/C16H14ClN3O4S/c17-11-4-2-1-3-9(11)8-20-14(22)10(7-18-16(20)24)13(21)19-12-5-6-25-15(12)23/h1-4,7,12H,5-6,8H2,(H,18,24)(H,19,21). The van der Waals surface area contributed by atoms with E-state index in [1.165, 1.54) is 0 Å². The van der Waals surface area contributed by atoms with Crippen molar-refractivity contribution < 1.29 is 9.59 Å². The summed E-state index contributed by atoms with van der Waals surface area (Å²) in [7, 11) is 0. The Kier molecular flexibility index (Phi) is 5.10. The molecule has 1 aromatic heterocycles. The number of carbonyl (C=O) groups is 2. The summed E-state index contributed by atoms with van der Waals surface area (Å²) in [6, 6.07) is 6.20. The van der Waals surface area contributed by atoms with Crippen molar-refractivity contribution in [1.29, 1.82) is 0 Å². The number of amides is 1. The Labute approximate surface area is 151 Å². The minimum atomic E-state index is -0.737. The van der Waals surface area contributed by atoms with Crippen LogP contribution in [0, 0.1) is 0 Å². The van der Waals surface area contributed by atoms with Crippen LogP contribution in [0.4, 0.5) is 0 Å². The number of thioether (sulfide) groups is 1. The molecule has 0 bridgehead atoms. The number of halogens is 1. The molecule has 1 saturated heterocycles. The molecule has 25 heavy (non-hydrogen) atoms. The smallest absolute Gasteiger partial charge is 0.328 e. The summed E-state index contributed by atoms with van der Waals surface area (Å²) in [4.78, 5) is 50.9. The van der Waals surface area contributed by atoms with Crippen molar-refractivity contribution in [2.45, 2.75) is 19.0 Å². The van der Waals surface area contributed by atoms with E-state index in [0.717, 1.165) is 22.5 Å². The Morgan fingerprint density at radius 3 is 2.76 bits per heavy atom. The molecule has 1 unspecified atom stereocenters. The van der Waals surface area contributed by atoms with Crippen LogP contribution in [0.5, 0.6) is 0 Å². The highest BCUT2D eigenvalue weighted by molar-refractivity contribution is 8.14. The van der Waals surface area contributed by atoms with Crippen LogP contribution in [0.2, 0.25) is 5.02 Å². The van der Waals surface area contributed by atoms with E-state index in [1.807, 2.05) is 0 Å². The zero-order valence-electron chi connectivity index (χ0n) is 13.0. The average molecular weight is 380 g/mol. The van der Waals surface area contributed by atoms with Gasteiger partial charge in [0.25, 0.3) is 11.5 Å². The van der Waals surface area contributed by atoms with E-state index in [-0.39, 0.29) is 17.2 Å². The minimum Gasteiger partial charge on any atom is -0.341 e. The summed E-state index contributed by atoms with van der Waals surface area (Å²) in [5.74, 6) is -0.0541. The fraction of sp³-hybridized carbons (Fsp3) is 0.250. The fourth-order valence-corrected chi connectivity index (χ4v) is 3.61. The van der Waals surface area contributed by atoms with E-state index in [4.69, 9.17) is 11.6 Å². The van der Waals surface area contributed by atoms with Crippen molar-refractivity contribution in [3.05, 3.63) is 67.4 Å². The Morgan fingerprint density at radius 2 is 2.08 bits per heavy atom. The molecular weight excluding hydrogens is 366 g/mol. The Hall–Kier alpha value is -2.32. The number of aromatic amines is 1. The molecule has 1 atom stereocenters. The van der Waals surface area contributed by atoms with Crippen molar-refractivity contribution >= 4 is 34.4 Å². The molecule has 130 valence electrons. The molecule has 2 heterocycles.